The molecule has 184 valence electrons. The Balaban J connectivity index is 1.77. The van der Waals surface area contributed by atoms with Crippen LogP contribution in [0, 0.1) is 5.92 Å². The molecule has 0 unspecified atom stereocenters. The van der Waals surface area contributed by atoms with E-state index in [0.717, 1.165) is 19.3 Å². The third-order valence-electron chi connectivity index (χ3n) is 5.73. The fourth-order valence-corrected chi connectivity index (χ4v) is 4.94. The molecule has 1 aromatic heterocycles. The monoisotopic (exact) mass is 480 g/mol. The number of aliphatic imine (C=N–C) groups is 1. The molecular weight excluding hydrogens is 444 g/mol. The highest BCUT2D eigenvalue weighted by Gasteiger charge is 2.45. The molecule has 0 bridgehead atoms. The van der Waals surface area contributed by atoms with Crippen molar-refractivity contribution in [2.24, 2.45) is 10.9 Å². The van der Waals surface area contributed by atoms with E-state index < -0.39 is 23.0 Å². The van der Waals surface area contributed by atoms with Crippen molar-refractivity contribution in [3.8, 4) is 5.75 Å². The Morgan fingerprint density at radius 2 is 2.00 bits per heavy atom. The van der Waals surface area contributed by atoms with Gasteiger partial charge in [0.15, 0.2) is 0 Å². The fourth-order valence-electron chi connectivity index (χ4n) is 3.68. The van der Waals surface area contributed by atoms with E-state index in [0.29, 0.717) is 54.5 Å². The molecule has 0 spiro atoms. The lowest BCUT2D eigenvalue weighted by Gasteiger charge is -2.28. The Morgan fingerprint density at radius 3 is 2.61 bits per heavy atom. The average molecular weight is 481 g/mol. The summed E-state index contributed by atoms with van der Waals surface area (Å²) in [7, 11) is 0. The minimum absolute atomic E-state index is 0.231. The number of hydrogen-bond donors (Lipinski definition) is 1. The molecule has 0 radical (unpaired) electrons. The van der Waals surface area contributed by atoms with Crippen LogP contribution in [0.4, 0.5) is 0 Å². The van der Waals surface area contributed by atoms with Gasteiger partial charge in [0.05, 0.1) is 18.7 Å². The lowest BCUT2D eigenvalue weighted by atomic mass is 10.0. The number of hydrogen-bond acceptors (Lipinski definition) is 8. The molecule has 1 fully saturated rings. The first-order valence-electron chi connectivity index (χ1n) is 11.8. The van der Waals surface area contributed by atoms with Gasteiger partial charge >= 0.3 is 5.63 Å². The normalized spacial score (nSPS) is 21.5. The molecule has 1 aliphatic heterocycles. The van der Waals surface area contributed by atoms with E-state index in [-0.39, 0.29) is 5.91 Å². The lowest BCUT2D eigenvalue weighted by molar-refractivity contribution is -0.169. The van der Waals surface area contributed by atoms with E-state index in [9.17, 15) is 9.59 Å². The van der Waals surface area contributed by atoms with Crippen LogP contribution in [0.2, 0.25) is 0 Å². The number of nitrogens with zero attached hydrogens (tertiary/aromatic N) is 1. The summed E-state index contributed by atoms with van der Waals surface area (Å²) in [5.41, 5.74) is -1.47. The van der Waals surface area contributed by atoms with E-state index in [1.165, 1.54) is 17.8 Å². The summed E-state index contributed by atoms with van der Waals surface area (Å²) >= 11 is 1.47. The van der Waals surface area contributed by atoms with Gasteiger partial charge in [0.25, 0.3) is 0 Å². The van der Waals surface area contributed by atoms with Gasteiger partial charge in [-0.1, -0.05) is 13.3 Å². The van der Waals surface area contributed by atoms with Crippen molar-refractivity contribution in [3.63, 3.8) is 0 Å². The smallest absolute Gasteiger partial charge is 0.339 e. The first kappa shape index (κ1) is 25.8. The molecule has 1 amide bonds. The number of rotatable bonds is 13. The minimum Gasteiger partial charge on any atom is -0.493 e. The molecule has 1 aliphatic carbocycles. The average Bonchev–Trinajstić information content (AvgIpc) is 3.51. The zero-order chi connectivity index (χ0) is 24.1. The van der Waals surface area contributed by atoms with Gasteiger partial charge < -0.3 is 23.9 Å². The van der Waals surface area contributed by atoms with Gasteiger partial charge in [0, 0.05) is 25.0 Å². The summed E-state index contributed by atoms with van der Waals surface area (Å²) in [6.07, 6.45) is 3.74. The summed E-state index contributed by atoms with van der Waals surface area (Å²) in [5.74, 6) is 0.710. The summed E-state index contributed by atoms with van der Waals surface area (Å²) in [6.45, 7) is 11.0. The van der Waals surface area contributed by atoms with Crippen molar-refractivity contribution in [1.29, 1.82) is 0 Å². The van der Waals surface area contributed by atoms with Crippen LogP contribution in [-0.2, 0) is 14.3 Å². The largest absolute Gasteiger partial charge is 0.493 e. The maximum atomic E-state index is 13.3. The van der Waals surface area contributed by atoms with Crippen LogP contribution in [0.1, 0.15) is 72.1 Å². The summed E-state index contributed by atoms with van der Waals surface area (Å²) < 4.78 is 22.9. The first-order chi connectivity index (χ1) is 15.7. The number of thioether (sulfide) groups is 1. The van der Waals surface area contributed by atoms with Gasteiger partial charge in [-0.05, 0) is 52.9 Å². The van der Waals surface area contributed by atoms with Gasteiger partial charge in [0.2, 0.25) is 11.7 Å². The highest BCUT2D eigenvalue weighted by Crippen LogP contribution is 2.36. The van der Waals surface area contributed by atoms with Crippen molar-refractivity contribution in [1.82, 2.24) is 5.32 Å². The lowest BCUT2D eigenvalue weighted by Crippen LogP contribution is -2.45. The van der Waals surface area contributed by atoms with Gasteiger partial charge in [-0.25, -0.2) is 4.79 Å². The van der Waals surface area contributed by atoms with Gasteiger partial charge in [0.1, 0.15) is 22.1 Å². The standard InChI is InChI=1S/C24H36N2O6S/c1-6-9-18(19-12-17(13-20(27)32-19)29-14-16-10-11-16)25-21(28)23(4)15-33-22(26-23)24(5,30-7-2)31-8-3/h12-13,16,18H,6-11,14-15H2,1-5H3,(H,25,28)/t18-,23+/m1/s1. The van der Waals surface area contributed by atoms with Crippen LogP contribution in [0.15, 0.2) is 26.3 Å². The van der Waals surface area contributed by atoms with E-state index in [1.807, 2.05) is 27.7 Å². The zero-order valence-corrected chi connectivity index (χ0v) is 21.1. The number of amides is 1. The van der Waals surface area contributed by atoms with Crippen LogP contribution in [0.25, 0.3) is 0 Å². The molecule has 8 nitrogen and oxygen atoms in total. The Hall–Kier alpha value is -1.84. The van der Waals surface area contributed by atoms with Crippen molar-refractivity contribution in [3.05, 3.63) is 28.3 Å². The van der Waals surface area contributed by atoms with Crippen LogP contribution in [0.3, 0.4) is 0 Å². The van der Waals surface area contributed by atoms with E-state index >= 15 is 0 Å². The van der Waals surface area contributed by atoms with Crippen molar-refractivity contribution in [2.45, 2.75) is 77.7 Å². The Kier molecular flexibility index (Phi) is 8.64. The number of carbonyl (C=O) groups excluding carboxylic acids is 1. The van der Waals surface area contributed by atoms with Crippen LogP contribution in [-0.4, -0.2) is 47.9 Å². The predicted molar refractivity (Wildman–Crippen MR) is 129 cm³/mol. The molecule has 1 aromatic rings. The number of nitrogens with one attached hydrogen (secondary N) is 1. The quantitative estimate of drug-likeness (QED) is 0.425. The maximum absolute atomic E-state index is 13.3. The fraction of sp³-hybridized carbons (Fsp3) is 0.708. The molecule has 2 atom stereocenters. The molecule has 1 saturated carbocycles. The van der Waals surface area contributed by atoms with Crippen molar-refractivity contribution in [2.75, 3.05) is 25.6 Å². The Morgan fingerprint density at radius 1 is 1.30 bits per heavy atom. The third-order valence-corrected chi connectivity index (χ3v) is 7.17. The van der Waals surface area contributed by atoms with Gasteiger partial charge in [-0.15, -0.1) is 11.8 Å². The topological polar surface area (TPSA) is 99.4 Å². The second kappa shape index (κ2) is 11.1. The van der Waals surface area contributed by atoms with Crippen LogP contribution < -0.4 is 15.7 Å². The molecule has 9 heteroatoms. The second-order valence-electron chi connectivity index (χ2n) is 8.87. The maximum Gasteiger partial charge on any atom is 0.339 e. The SMILES string of the molecule is CCC[C@@H](NC(=O)[C@]1(C)CSC(C(C)(OCC)OCC)=N1)c1cc(OCC2CC2)cc(=O)o1. The number of ether oxygens (including phenoxy) is 3. The molecule has 0 aromatic carbocycles. The third kappa shape index (κ3) is 6.61. The van der Waals surface area contributed by atoms with E-state index in [1.54, 1.807) is 13.0 Å². The van der Waals surface area contributed by atoms with Crippen molar-refractivity contribution >= 4 is 22.7 Å². The van der Waals surface area contributed by atoms with E-state index in [2.05, 4.69) is 5.32 Å². The molecule has 0 saturated heterocycles. The highest BCUT2D eigenvalue weighted by molar-refractivity contribution is 8.14. The second-order valence-corrected chi connectivity index (χ2v) is 9.84. The number of carbonyl (C=O) groups is 1. The molecular formula is C24H36N2O6S. The first-order valence-corrected chi connectivity index (χ1v) is 12.8. The Labute approximate surface area is 199 Å². The summed E-state index contributed by atoms with van der Waals surface area (Å²) in [4.78, 5) is 30.2. The van der Waals surface area contributed by atoms with E-state index in [4.69, 9.17) is 23.6 Å². The molecule has 2 aliphatic rings. The summed E-state index contributed by atoms with van der Waals surface area (Å²) in [6, 6.07) is 2.61. The van der Waals surface area contributed by atoms with Crippen molar-refractivity contribution < 1.29 is 23.4 Å². The van der Waals surface area contributed by atoms with Gasteiger partial charge in [-0.2, -0.15) is 0 Å². The van der Waals surface area contributed by atoms with Crippen LogP contribution in [0.5, 0.6) is 5.75 Å². The molecule has 33 heavy (non-hydrogen) atoms. The van der Waals surface area contributed by atoms with Gasteiger partial charge in [-0.3, -0.25) is 9.79 Å². The highest BCUT2D eigenvalue weighted by atomic mass is 32.2. The predicted octanol–water partition coefficient (Wildman–Crippen LogP) is 4.08. The zero-order valence-electron chi connectivity index (χ0n) is 20.3. The minimum atomic E-state index is -0.984. The summed E-state index contributed by atoms with van der Waals surface area (Å²) in [5, 5.41) is 3.71. The van der Waals surface area contributed by atoms with Crippen LogP contribution >= 0.6 is 11.8 Å². The molecule has 2 heterocycles. The Bertz CT molecular complexity index is 906. The molecule has 1 N–H and O–H groups in total. The molecule has 3 rings (SSSR count).